The third kappa shape index (κ3) is 6.72. The second kappa shape index (κ2) is 14.4. The van der Waals surface area contributed by atoms with Gasteiger partial charge in [-0.15, -0.1) is 24.8 Å². The maximum Gasteiger partial charge on any atom is -0.147 e. The van der Waals surface area contributed by atoms with E-state index in [2.05, 4.69) is 129 Å². The number of fused-ring (bicyclic) bond motifs is 6. The number of halogens is 2. The Morgan fingerprint density at radius 1 is 0.554 bits per heavy atom. The van der Waals surface area contributed by atoms with Crippen LogP contribution < -0.4 is 0 Å². The molecule has 4 aromatic carbocycles. The molecule has 6 aliphatic carbocycles. The van der Waals surface area contributed by atoms with Gasteiger partial charge < -0.3 is 0 Å². The van der Waals surface area contributed by atoms with E-state index in [-0.39, 0.29) is 24.8 Å². The van der Waals surface area contributed by atoms with Crippen LogP contribution in [0.4, 0.5) is 0 Å². The molecule has 2 unspecified atom stereocenters. The van der Waals surface area contributed by atoms with Gasteiger partial charge in [0.1, 0.15) is 0 Å². The molecule has 0 N–H and O–H groups in total. The Labute approximate surface area is 353 Å². The largest absolute Gasteiger partial charge is 0.147 e. The summed E-state index contributed by atoms with van der Waals surface area (Å²) in [7, 11) is 0. The van der Waals surface area contributed by atoms with E-state index in [9.17, 15) is 0 Å². The quantitative estimate of drug-likeness (QED) is 0.155. The fourth-order valence-corrected chi connectivity index (χ4v) is 34.1. The molecule has 0 heterocycles. The first-order valence-electron chi connectivity index (χ1n) is 21.7. The van der Waals surface area contributed by atoms with Gasteiger partial charge in [-0.1, -0.05) is 0 Å². The van der Waals surface area contributed by atoms with Crippen molar-refractivity contribution < 1.29 is 17.4 Å². The maximum absolute atomic E-state index is 3.89. The molecule has 4 fully saturated rings. The maximum atomic E-state index is 2.93. The van der Waals surface area contributed by atoms with E-state index in [1.165, 1.54) is 122 Å². The molecule has 0 aliphatic heterocycles. The van der Waals surface area contributed by atoms with Gasteiger partial charge in [0, 0.05) is 0 Å². The van der Waals surface area contributed by atoms with Crippen molar-refractivity contribution in [3.63, 3.8) is 0 Å². The Morgan fingerprint density at radius 3 is 1.23 bits per heavy atom. The van der Waals surface area contributed by atoms with Gasteiger partial charge in [-0.25, -0.2) is 0 Å². The minimum atomic E-state index is -3.89. The van der Waals surface area contributed by atoms with Gasteiger partial charge in [0.05, 0.1) is 0 Å². The van der Waals surface area contributed by atoms with Gasteiger partial charge in [-0.05, 0) is 0 Å². The summed E-state index contributed by atoms with van der Waals surface area (Å²) in [6.07, 6.45) is 22.9. The molecule has 294 valence electrons. The van der Waals surface area contributed by atoms with Crippen molar-refractivity contribution in [2.75, 3.05) is 0 Å². The summed E-state index contributed by atoms with van der Waals surface area (Å²) in [6.45, 7) is 11.7. The third-order valence-electron chi connectivity index (χ3n) is 16.2. The van der Waals surface area contributed by atoms with Gasteiger partial charge in [0.15, 0.2) is 0 Å². The zero-order valence-corrected chi connectivity index (χ0v) is 40.4. The van der Waals surface area contributed by atoms with Crippen LogP contribution >= 0.6 is 24.8 Å². The van der Waals surface area contributed by atoms with Crippen LogP contribution in [0.15, 0.2) is 83.9 Å². The molecule has 4 heteroatoms. The average molecular weight is 879 g/mol. The molecule has 0 amide bonds. The van der Waals surface area contributed by atoms with Crippen molar-refractivity contribution in [3.05, 3.63) is 128 Å². The van der Waals surface area contributed by atoms with Crippen molar-refractivity contribution in [2.45, 2.75) is 121 Å². The number of hydrogen-bond donors (Lipinski definition) is 0. The standard InChI is InChI=1S/2C25H27.2CH3.2ClH.H2Si.Zr/c2*1-17-10-18(2)12-22(11-17)23-5-3-4-21-13-20(14-24(21)23)16-25-8-6-19(15-25)7-9-25;;;;;;/h2*3-5,10-14,19H,6-9,15-16H2,1-2H3;2*1H3;2*1H;1H2;. The van der Waals surface area contributed by atoms with E-state index < -0.39 is 17.4 Å². The molecule has 4 saturated carbocycles. The summed E-state index contributed by atoms with van der Waals surface area (Å²) in [5.41, 5.74) is 22.4. The summed E-state index contributed by atoms with van der Waals surface area (Å²) < 4.78 is 7.01. The molecule has 4 aromatic rings. The summed E-state index contributed by atoms with van der Waals surface area (Å²) in [5.74, 6) is 1.96. The number of rotatable bonds is 8. The van der Waals surface area contributed by atoms with Crippen LogP contribution in [0.25, 0.3) is 34.4 Å². The number of hydrogen-bond acceptors (Lipinski definition) is 0. The van der Waals surface area contributed by atoms with Crippen LogP contribution in [0.1, 0.15) is 129 Å². The molecule has 10 rings (SSSR count). The first kappa shape index (κ1) is 40.8. The SMILES string of the molecule is Cc1cc(C)cc(-c2cccc3c2C=C(CC24CCC(CC2)C4)[CH]3[Zr]([CH3])([CH3])(=[SiH2])[CH]2C(CC34CCC(CC3)C4)=Cc3c(-c4cc(C)cc(C)c4)cccc32)c1.Cl.Cl. The molecular weight excluding hydrogens is 815 g/mol. The molecule has 0 spiro atoms. The van der Waals surface area contributed by atoms with Crippen LogP contribution in [0.2, 0.25) is 9.26 Å². The summed E-state index contributed by atoms with van der Waals surface area (Å²) >= 11 is -3.89. The van der Waals surface area contributed by atoms with Crippen LogP contribution in [-0.2, 0) is 17.4 Å². The number of allylic oxidation sites excluding steroid dienone is 2. The van der Waals surface area contributed by atoms with Gasteiger partial charge >= 0.3 is 331 Å². The van der Waals surface area contributed by atoms with Crippen LogP contribution in [0, 0.1) is 50.4 Å². The van der Waals surface area contributed by atoms with Crippen LogP contribution in [-0.4, -0.2) is 6.88 Å². The second-order valence-electron chi connectivity index (χ2n) is 21.3. The Kier molecular flexibility index (Phi) is 10.5. The molecular formula is C52H64Cl2SiZr. The predicted molar refractivity (Wildman–Crippen MR) is 246 cm³/mol. The topological polar surface area (TPSA) is 0 Å². The van der Waals surface area contributed by atoms with Crippen molar-refractivity contribution in [1.29, 1.82) is 0 Å². The number of aryl methyl sites for hydroxylation is 4. The van der Waals surface area contributed by atoms with E-state index in [1.54, 1.807) is 22.3 Å². The third-order valence-corrected chi connectivity index (χ3v) is 33.7. The Balaban J connectivity index is 0.00000220. The minimum Gasteiger partial charge on any atom is -0.147 e. The molecule has 0 nitrogen and oxygen atoms in total. The van der Waals surface area contributed by atoms with E-state index >= 15 is 0 Å². The average Bonchev–Trinajstić information content (AvgIpc) is 3.96. The molecule has 6 aliphatic rings. The van der Waals surface area contributed by atoms with Crippen molar-refractivity contribution in [2.24, 2.45) is 22.7 Å². The van der Waals surface area contributed by atoms with Gasteiger partial charge in [0.25, 0.3) is 0 Å². The van der Waals surface area contributed by atoms with E-state index in [1.807, 2.05) is 11.1 Å². The predicted octanol–water partition coefficient (Wildman–Crippen LogP) is 14.9. The fourth-order valence-electron chi connectivity index (χ4n) is 14.4. The van der Waals surface area contributed by atoms with Crippen LogP contribution in [0.5, 0.6) is 0 Å². The van der Waals surface area contributed by atoms with Gasteiger partial charge in [-0.3, -0.25) is 0 Å². The summed E-state index contributed by atoms with van der Waals surface area (Å²) in [4.78, 5) is 0. The van der Waals surface area contributed by atoms with Crippen molar-refractivity contribution >= 4 is 43.8 Å². The molecule has 0 radical (unpaired) electrons. The second-order valence-corrected chi connectivity index (χ2v) is 51.7. The molecule has 0 aromatic heterocycles. The zero-order chi connectivity index (χ0) is 37.2. The van der Waals surface area contributed by atoms with Gasteiger partial charge in [0.2, 0.25) is 0 Å². The van der Waals surface area contributed by atoms with Crippen molar-refractivity contribution in [1.82, 2.24) is 0 Å². The Hall–Kier alpha value is -1.96. The first-order valence-corrected chi connectivity index (χ1v) is 35.4. The smallest absolute Gasteiger partial charge is 0.147 e. The zero-order valence-electron chi connectivity index (χ0n) is 34.9. The van der Waals surface area contributed by atoms with E-state index in [0.29, 0.717) is 18.1 Å². The summed E-state index contributed by atoms with van der Waals surface area (Å²) in [5, 5.41) is 0. The van der Waals surface area contributed by atoms with E-state index in [0.717, 1.165) is 11.8 Å². The molecule has 56 heavy (non-hydrogen) atoms. The molecule has 4 bridgehead atoms. The Morgan fingerprint density at radius 2 is 0.911 bits per heavy atom. The first-order chi connectivity index (χ1) is 25.8. The fraction of sp³-hybridized carbons (Fsp3) is 0.462. The monoisotopic (exact) mass is 876 g/mol. The van der Waals surface area contributed by atoms with Crippen molar-refractivity contribution in [3.8, 4) is 22.3 Å². The minimum absolute atomic E-state index is 0. The van der Waals surface area contributed by atoms with Gasteiger partial charge in [-0.2, -0.15) is 0 Å². The normalized spacial score (nSPS) is 28.4. The van der Waals surface area contributed by atoms with E-state index in [4.69, 9.17) is 0 Å². The summed E-state index contributed by atoms with van der Waals surface area (Å²) in [6, 6.07) is 29.4. The number of benzene rings is 4. The van der Waals surface area contributed by atoms with Crippen LogP contribution in [0.3, 0.4) is 0 Å². The Bertz CT molecular complexity index is 2160. The molecule has 2 atom stereocenters. The molecule has 0 saturated heterocycles.